The molecule has 7 heteroatoms. The van der Waals surface area contributed by atoms with Gasteiger partial charge in [0.05, 0.1) is 11.4 Å². The lowest BCUT2D eigenvalue weighted by Gasteiger charge is -2.24. The van der Waals surface area contributed by atoms with Crippen LogP contribution in [0.1, 0.15) is 39.1 Å². The summed E-state index contributed by atoms with van der Waals surface area (Å²) >= 11 is 0. The van der Waals surface area contributed by atoms with Crippen molar-refractivity contribution in [1.82, 2.24) is 15.2 Å². The van der Waals surface area contributed by atoms with Crippen LogP contribution < -0.4 is 10.6 Å². The van der Waals surface area contributed by atoms with Crippen LogP contribution in [0.3, 0.4) is 0 Å². The predicted octanol–water partition coefficient (Wildman–Crippen LogP) is 1.21. The van der Waals surface area contributed by atoms with E-state index < -0.39 is 0 Å². The molecular weight excluding hydrogens is 256 g/mol. The second kappa shape index (κ2) is 7.62. The summed E-state index contributed by atoms with van der Waals surface area (Å²) in [7, 11) is 0. The van der Waals surface area contributed by atoms with Crippen LogP contribution in [-0.2, 0) is 12.8 Å². The Morgan fingerprint density at radius 2 is 1.90 bits per heavy atom. The van der Waals surface area contributed by atoms with Crippen LogP contribution in [0.4, 0.5) is 5.95 Å². The zero-order chi connectivity index (χ0) is 15.1. The van der Waals surface area contributed by atoms with Gasteiger partial charge in [-0.05, 0) is 19.8 Å². The van der Waals surface area contributed by atoms with Crippen LogP contribution in [0.15, 0.2) is 5.16 Å². The Labute approximate surface area is 119 Å². The Balaban J connectivity index is 2.95. The van der Waals surface area contributed by atoms with Crippen molar-refractivity contribution in [2.75, 3.05) is 18.0 Å². The molecule has 112 valence electrons. The molecule has 0 amide bonds. The topological polar surface area (TPSA) is 101 Å². The summed E-state index contributed by atoms with van der Waals surface area (Å²) in [5.74, 6) is 0.718. The second-order valence-corrected chi connectivity index (χ2v) is 4.68. The van der Waals surface area contributed by atoms with Gasteiger partial charge in [-0.3, -0.25) is 0 Å². The minimum Gasteiger partial charge on any atom is -0.409 e. The molecule has 1 aromatic rings. The lowest BCUT2D eigenvalue weighted by molar-refractivity contribution is 0.314. The molecule has 0 fully saturated rings. The van der Waals surface area contributed by atoms with Crippen LogP contribution in [0.2, 0.25) is 0 Å². The molecule has 1 heterocycles. The van der Waals surface area contributed by atoms with E-state index >= 15 is 0 Å². The number of nitrogens with zero attached hydrogens (tertiary/aromatic N) is 5. The van der Waals surface area contributed by atoms with Gasteiger partial charge in [0.2, 0.25) is 5.95 Å². The van der Waals surface area contributed by atoms with E-state index in [0.717, 1.165) is 30.8 Å². The Morgan fingerprint density at radius 1 is 1.25 bits per heavy atom. The molecular formula is C13H24N6O. The summed E-state index contributed by atoms with van der Waals surface area (Å²) < 4.78 is 0. The number of anilines is 1. The normalized spacial score (nSPS) is 13.3. The minimum absolute atomic E-state index is 0.0838. The Morgan fingerprint density at radius 3 is 2.40 bits per heavy atom. The van der Waals surface area contributed by atoms with E-state index in [1.165, 1.54) is 0 Å². The van der Waals surface area contributed by atoms with Crippen LogP contribution in [0, 0.1) is 5.92 Å². The third kappa shape index (κ3) is 3.79. The van der Waals surface area contributed by atoms with E-state index in [1.807, 2.05) is 25.7 Å². The fourth-order valence-electron chi connectivity index (χ4n) is 1.94. The van der Waals surface area contributed by atoms with Gasteiger partial charge in [0.15, 0.2) is 0 Å². The fourth-order valence-corrected chi connectivity index (χ4v) is 1.94. The highest BCUT2D eigenvalue weighted by molar-refractivity contribution is 5.82. The van der Waals surface area contributed by atoms with Crippen molar-refractivity contribution in [3.63, 3.8) is 0 Å². The molecule has 3 N–H and O–H groups in total. The standard InChI is InChI=1S/C13H24N6O/c1-5-10-11(6-2)16-17-13(15-10)19(7-3)8-9(4)12(14)18-20/h9,20H,5-8H2,1-4H3,(H2,14,18). The van der Waals surface area contributed by atoms with Crippen LogP contribution in [0.25, 0.3) is 0 Å². The van der Waals surface area contributed by atoms with Gasteiger partial charge >= 0.3 is 0 Å². The number of amidine groups is 1. The van der Waals surface area contributed by atoms with Crippen molar-refractivity contribution >= 4 is 11.8 Å². The van der Waals surface area contributed by atoms with Gasteiger partial charge in [0.1, 0.15) is 5.84 Å². The van der Waals surface area contributed by atoms with E-state index in [0.29, 0.717) is 12.5 Å². The molecule has 1 aromatic heterocycles. The molecule has 0 bridgehead atoms. The molecule has 1 unspecified atom stereocenters. The SMILES string of the molecule is CCc1nnc(N(CC)CC(C)C(N)=NO)nc1CC. The summed E-state index contributed by atoms with van der Waals surface area (Å²) in [6, 6.07) is 0. The van der Waals surface area contributed by atoms with Crippen molar-refractivity contribution in [3.8, 4) is 0 Å². The summed E-state index contributed by atoms with van der Waals surface area (Å²) in [4.78, 5) is 6.56. The lowest BCUT2D eigenvalue weighted by Crippen LogP contribution is -2.36. The first-order valence-corrected chi connectivity index (χ1v) is 7.02. The summed E-state index contributed by atoms with van der Waals surface area (Å²) in [6.45, 7) is 9.33. The van der Waals surface area contributed by atoms with Gasteiger partial charge in [-0.2, -0.15) is 5.10 Å². The molecule has 1 rings (SSSR count). The Hall–Kier alpha value is -1.92. The number of aryl methyl sites for hydroxylation is 2. The van der Waals surface area contributed by atoms with E-state index in [2.05, 4.69) is 27.3 Å². The molecule has 0 aliphatic heterocycles. The van der Waals surface area contributed by atoms with Crippen molar-refractivity contribution in [2.24, 2.45) is 16.8 Å². The monoisotopic (exact) mass is 280 g/mol. The molecule has 1 atom stereocenters. The van der Waals surface area contributed by atoms with E-state index in [4.69, 9.17) is 10.9 Å². The molecule has 0 aliphatic rings. The largest absolute Gasteiger partial charge is 0.409 e. The molecule has 0 aliphatic carbocycles. The number of hydrogen-bond donors (Lipinski definition) is 2. The smallest absolute Gasteiger partial charge is 0.245 e. The van der Waals surface area contributed by atoms with Gasteiger partial charge in [0.25, 0.3) is 0 Å². The minimum atomic E-state index is -0.0838. The lowest BCUT2D eigenvalue weighted by atomic mass is 10.1. The Bertz CT molecular complexity index is 462. The average molecular weight is 280 g/mol. The first-order valence-electron chi connectivity index (χ1n) is 7.02. The molecule has 7 nitrogen and oxygen atoms in total. The number of hydrogen-bond acceptors (Lipinski definition) is 6. The van der Waals surface area contributed by atoms with E-state index in [9.17, 15) is 0 Å². The van der Waals surface area contributed by atoms with Gasteiger partial charge in [-0.15, -0.1) is 5.10 Å². The first-order chi connectivity index (χ1) is 9.57. The number of oxime groups is 1. The van der Waals surface area contributed by atoms with Gasteiger partial charge in [-0.1, -0.05) is 25.9 Å². The van der Waals surface area contributed by atoms with Crippen LogP contribution in [0.5, 0.6) is 0 Å². The van der Waals surface area contributed by atoms with E-state index in [1.54, 1.807) is 0 Å². The van der Waals surface area contributed by atoms with Gasteiger partial charge < -0.3 is 15.8 Å². The zero-order valence-electron chi connectivity index (χ0n) is 12.7. The summed E-state index contributed by atoms with van der Waals surface area (Å²) in [5.41, 5.74) is 7.54. The highest BCUT2D eigenvalue weighted by Gasteiger charge is 2.17. The molecule has 0 radical (unpaired) electrons. The number of aromatic nitrogens is 3. The van der Waals surface area contributed by atoms with Gasteiger partial charge in [0, 0.05) is 19.0 Å². The van der Waals surface area contributed by atoms with Crippen LogP contribution in [-0.4, -0.2) is 39.3 Å². The maximum absolute atomic E-state index is 8.71. The third-order valence-corrected chi connectivity index (χ3v) is 3.28. The zero-order valence-corrected chi connectivity index (χ0v) is 12.7. The molecule has 0 saturated carbocycles. The molecule has 20 heavy (non-hydrogen) atoms. The highest BCUT2D eigenvalue weighted by Crippen LogP contribution is 2.12. The quantitative estimate of drug-likeness (QED) is 0.337. The highest BCUT2D eigenvalue weighted by atomic mass is 16.4. The van der Waals surface area contributed by atoms with Crippen molar-refractivity contribution in [3.05, 3.63) is 11.4 Å². The summed E-state index contributed by atoms with van der Waals surface area (Å²) in [5, 5.41) is 20.2. The average Bonchev–Trinajstić information content (AvgIpc) is 2.50. The van der Waals surface area contributed by atoms with Crippen molar-refractivity contribution < 1.29 is 5.21 Å². The first kappa shape index (κ1) is 16.1. The predicted molar refractivity (Wildman–Crippen MR) is 79.0 cm³/mol. The Kier molecular flexibility index (Phi) is 6.14. The van der Waals surface area contributed by atoms with E-state index in [-0.39, 0.29) is 11.8 Å². The third-order valence-electron chi connectivity index (χ3n) is 3.28. The molecule has 0 aromatic carbocycles. The number of nitrogens with two attached hydrogens (primary N) is 1. The number of rotatable bonds is 7. The maximum atomic E-state index is 8.71. The fraction of sp³-hybridized carbons (Fsp3) is 0.692. The summed E-state index contributed by atoms with van der Waals surface area (Å²) in [6.07, 6.45) is 1.66. The van der Waals surface area contributed by atoms with Crippen molar-refractivity contribution in [1.29, 1.82) is 0 Å². The van der Waals surface area contributed by atoms with Gasteiger partial charge in [-0.25, -0.2) is 4.98 Å². The molecule has 0 saturated heterocycles. The maximum Gasteiger partial charge on any atom is 0.245 e. The molecule has 0 spiro atoms. The van der Waals surface area contributed by atoms with Crippen molar-refractivity contribution in [2.45, 2.75) is 40.5 Å². The van der Waals surface area contributed by atoms with Crippen LogP contribution >= 0.6 is 0 Å². The second-order valence-electron chi connectivity index (χ2n) is 4.68.